The van der Waals surface area contributed by atoms with Crippen LogP contribution in [0.4, 0.5) is 5.13 Å². The van der Waals surface area contributed by atoms with Crippen LogP contribution in [-0.4, -0.2) is 23.2 Å². The molecule has 0 atom stereocenters. The van der Waals surface area contributed by atoms with E-state index in [1.54, 1.807) is 13.2 Å². The lowest BCUT2D eigenvalue weighted by atomic mass is 10.1. The van der Waals surface area contributed by atoms with Crippen LogP contribution in [-0.2, 0) is 0 Å². The molecule has 7 heteroatoms. The van der Waals surface area contributed by atoms with E-state index in [2.05, 4.69) is 15.5 Å². The smallest absolute Gasteiger partial charge is 0.279 e. The highest BCUT2D eigenvalue weighted by Crippen LogP contribution is 2.32. The number of nitrogens with one attached hydrogen (secondary N) is 1. The number of para-hydroxylation sites is 1. The molecule has 6 nitrogen and oxygen atoms in total. The van der Waals surface area contributed by atoms with Gasteiger partial charge < -0.3 is 9.26 Å². The number of ether oxygens (including phenoxy) is 1. The van der Waals surface area contributed by atoms with Crippen molar-refractivity contribution < 1.29 is 14.1 Å². The third kappa shape index (κ3) is 2.97. The number of hydrogen-bond donors (Lipinski definition) is 1. The van der Waals surface area contributed by atoms with Crippen LogP contribution in [0.15, 0.2) is 59.1 Å². The number of rotatable bonds is 4. The first-order valence-electron chi connectivity index (χ1n) is 7.51. The molecule has 0 aliphatic carbocycles. The van der Waals surface area contributed by atoms with Gasteiger partial charge in [-0.3, -0.25) is 10.1 Å². The van der Waals surface area contributed by atoms with Crippen molar-refractivity contribution in [1.29, 1.82) is 0 Å². The average Bonchev–Trinajstić information content (AvgIpc) is 3.29. The highest BCUT2D eigenvalue weighted by molar-refractivity contribution is 7.22. The van der Waals surface area contributed by atoms with Crippen molar-refractivity contribution in [2.75, 3.05) is 12.4 Å². The van der Waals surface area contributed by atoms with E-state index in [1.807, 2.05) is 48.5 Å². The van der Waals surface area contributed by atoms with Crippen LogP contribution in [0.25, 0.3) is 21.5 Å². The van der Waals surface area contributed by atoms with E-state index in [0.29, 0.717) is 16.6 Å². The fourth-order valence-corrected chi connectivity index (χ4v) is 3.30. The summed E-state index contributed by atoms with van der Waals surface area (Å²) >= 11 is 1.37. The van der Waals surface area contributed by atoms with E-state index >= 15 is 0 Å². The summed E-state index contributed by atoms with van der Waals surface area (Å²) in [5.74, 6) is 0.836. The van der Waals surface area contributed by atoms with Crippen LogP contribution in [0, 0.1) is 0 Å². The van der Waals surface area contributed by atoms with Crippen molar-refractivity contribution in [3.63, 3.8) is 0 Å². The molecule has 1 N–H and O–H groups in total. The lowest BCUT2D eigenvalue weighted by Gasteiger charge is -1.98. The molecule has 4 aromatic rings. The van der Waals surface area contributed by atoms with Crippen molar-refractivity contribution in [3.8, 4) is 17.1 Å². The fraction of sp³-hybridized carbons (Fsp3) is 0.0556. The van der Waals surface area contributed by atoms with Crippen molar-refractivity contribution in [2.24, 2.45) is 0 Å². The first kappa shape index (κ1) is 15.3. The van der Waals surface area contributed by atoms with Gasteiger partial charge in [0.15, 0.2) is 16.6 Å². The predicted molar refractivity (Wildman–Crippen MR) is 96.1 cm³/mol. The van der Waals surface area contributed by atoms with E-state index in [0.717, 1.165) is 15.8 Å². The number of carbonyl (C=O) groups is 1. The van der Waals surface area contributed by atoms with Crippen LogP contribution in [0.1, 0.15) is 10.5 Å². The second kappa shape index (κ2) is 6.37. The number of carbonyl (C=O) groups excluding carboxylic acids is 1. The van der Waals surface area contributed by atoms with Crippen LogP contribution < -0.4 is 10.1 Å². The molecule has 0 saturated heterocycles. The molecule has 2 aromatic carbocycles. The topological polar surface area (TPSA) is 77.2 Å². The largest absolute Gasteiger partial charge is 0.494 e. The Morgan fingerprint density at radius 2 is 2.00 bits per heavy atom. The molecule has 1 amide bonds. The number of anilines is 1. The first-order valence-corrected chi connectivity index (χ1v) is 8.33. The average molecular weight is 351 g/mol. The van der Waals surface area contributed by atoms with Gasteiger partial charge in [0, 0.05) is 11.6 Å². The van der Waals surface area contributed by atoms with Gasteiger partial charge in [0.1, 0.15) is 11.3 Å². The summed E-state index contributed by atoms with van der Waals surface area (Å²) in [6.07, 6.45) is 0. The van der Waals surface area contributed by atoms with Crippen LogP contribution in [0.5, 0.6) is 5.75 Å². The second-order valence-corrected chi connectivity index (χ2v) is 6.25. The molecule has 0 radical (unpaired) electrons. The van der Waals surface area contributed by atoms with Gasteiger partial charge in [-0.05, 0) is 12.1 Å². The summed E-state index contributed by atoms with van der Waals surface area (Å²) in [7, 11) is 1.59. The van der Waals surface area contributed by atoms with Crippen LogP contribution in [0.2, 0.25) is 0 Å². The Hall–Kier alpha value is -3.19. The predicted octanol–water partition coefficient (Wildman–Crippen LogP) is 4.21. The summed E-state index contributed by atoms with van der Waals surface area (Å²) in [6.45, 7) is 0. The third-order valence-corrected chi connectivity index (χ3v) is 4.56. The van der Waals surface area contributed by atoms with Gasteiger partial charge in [0.25, 0.3) is 5.91 Å². The summed E-state index contributed by atoms with van der Waals surface area (Å²) < 4.78 is 11.5. The molecule has 124 valence electrons. The molecule has 0 aliphatic rings. The number of aromatic nitrogens is 2. The third-order valence-electron chi connectivity index (χ3n) is 3.62. The molecule has 0 unspecified atom stereocenters. The monoisotopic (exact) mass is 351 g/mol. The molecule has 0 fully saturated rings. The molecule has 4 rings (SSSR count). The Morgan fingerprint density at radius 1 is 1.16 bits per heavy atom. The molecule has 0 aliphatic heterocycles. The number of amides is 1. The van der Waals surface area contributed by atoms with E-state index in [-0.39, 0.29) is 11.6 Å². The van der Waals surface area contributed by atoms with Crippen LogP contribution in [0.3, 0.4) is 0 Å². The zero-order valence-corrected chi connectivity index (χ0v) is 14.0. The Balaban J connectivity index is 1.57. The summed E-state index contributed by atoms with van der Waals surface area (Å²) in [6, 6.07) is 16.7. The number of benzene rings is 2. The van der Waals surface area contributed by atoms with Crippen molar-refractivity contribution in [1.82, 2.24) is 10.1 Å². The van der Waals surface area contributed by atoms with E-state index in [4.69, 9.17) is 9.26 Å². The lowest BCUT2D eigenvalue weighted by molar-refractivity contribution is 0.101. The molecular formula is C18H13N3O3S. The zero-order valence-electron chi connectivity index (χ0n) is 13.2. The number of fused-ring (bicyclic) bond motifs is 1. The maximum Gasteiger partial charge on any atom is 0.279 e. The van der Waals surface area contributed by atoms with E-state index in [9.17, 15) is 4.79 Å². The quantitative estimate of drug-likeness (QED) is 0.596. The summed E-state index contributed by atoms with van der Waals surface area (Å²) in [5.41, 5.74) is 1.78. The molecular weight excluding hydrogens is 338 g/mol. The number of thiazole rings is 1. The summed E-state index contributed by atoms with van der Waals surface area (Å²) in [5, 5.41) is 7.08. The molecule has 0 bridgehead atoms. The highest BCUT2D eigenvalue weighted by Gasteiger charge is 2.16. The maximum atomic E-state index is 12.4. The molecule has 2 aromatic heterocycles. The van der Waals surface area contributed by atoms with Gasteiger partial charge in [0.05, 0.1) is 11.8 Å². The highest BCUT2D eigenvalue weighted by atomic mass is 32.1. The number of hydrogen-bond acceptors (Lipinski definition) is 6. The zero-order chi connectivity index (χ0) is 17.2. The van der Waals surface area contributed by atoms with Gasteiger partial charge >= 0.3 is 0 Å². The lowest BCUT2D eigenvalue weighted by Crippen LogP contribution is -2.11. The Labute approximate surface area is 147 Å². The Bertz CT molecular complexity index is 1040. The first-order chi connectivity index (χ1) is 12.2. The van der Waals surface area contributed by atoms with Crippen molar-refractivity contribution in [3.05, 3.63) is 60.3 Å². The van der Waals surface area contributed by atoms with Gasteiger partial charge in [-0.1, -0.05) is 52.9 Å². The SMILES string of the molecule is COc1cccc2sc(NC(=O)c3cc(-c4ccccc4)on3)nc12. The minimum absolute atomic E-state index is 0.199. The maximum absolute atomic E-state index is 12.4. The molecule has 0 saturated carbocycles. The molecule has 25 heavy (non-hydrogen) atoms. The van der Waals surface area contributed by atoms with Gasteiger partial charge in [0.2, 0.25) is 0 Å². The fourth-order valence-electron chi connectivity index (χ4n) is 2.42. The van der Waals surface area contributed by atoms with Crippen molar-refractivity contribution in [2.45, 2.75) is 0 Å². The van der Waals surface area contributed by atoms with Crippen molar-refractivity contribution >= 4 is 32.6 Å². The normalized spacial score (nSPS) is 10.8. The number of nitrogens with zero attached hydrogens (tertiary/aromatic N) is 2. The molecule has 0 spiro atoms. The van der Waals surface area contributed by atoms with Gasteiger partial charge in [-0.2, -0.15) is 0 Å². The van der Waals surface area contributed by atoms with Gasteiger partial charge in [-0.25, -0.2) is 4.98 Å². The summed E-state index contributed by atoms with van der Waals surface area (Å²) in [4.78, 5) is 16.8. The Morgan fingerprint density at radius 3 is 2.80 bits per heavy atom. The second-order valence-electron chi connectivity index (χ2n) is 5.22. The van der Waals surface area contributed by atoms with Crippen LogP contribution >= 0.6 is 11.3 Å². The standard InChI is InChI=1S/C18H13N3O3S/c1-23-13-8-5-9-15-16(13)19-18(25-15)20-17(22)12-10-14(24-21-12)11-6-3-2-4-7-11/h2-10H,1H3,(H,19,20,22). The van der Waals surface area contributed by atoms with E-state index < -0.39 is 0 Å². The number of methoxy groups -OCH3 is 1. The Kier molecular flexibility index (Phi) is 3.91. The van der Waals surface area contributed by atoms with E-state index in [1.165, 1.54) is 11.3 Å². The minimum atomic E-state index is -0.371. The minimum Gasteiger partial charge on any atom is -0.494 e. The van der Waals surface area contributed by atoms with Gasteiger partial charge in [-0.15, -0.1) is 0 Å². The molecule has 2 heterocycles.